The number of hydrogen-bond donors (Lipinski definition) is 1. The maximum Gasteiger partial charge on any atom is 0.244 e. The largest absolute Gasteiger partial charge is 0.497 e. The molecule has 2 aromatic rings. The lowest BCUT2D eigenvalue weighted by atomic mass is 10.1. The van der Waals surface area contributed by atoms with Gasteiger partial charge in [-0.25, -0.2) is 8.42 Å². The molecule has 0 radical (unpaired) electrons. The van der Waals surface area contributed by atoms with E-state index in [2.05, 4.69) is 10.3 Å². The Hall–Kier alpha value is -2.61. The van der Waals surface area contributed by atoms with Crippen molar-refractivity contribution in [3.8, 4) is 5.75 Å². The first kappa shape index (κ1) is 19.7. The molecule has 0 aliphatic carbocycles. The third kappa shape index (κ3) is 4.95. The molecule has 0 saturated heterocycles. The zero-order valence-electron chi connectivity index (χ0n) is 15.0. The van der Waals surface area contributed by atoms with Gasteiger partial charge in [-0.05, 0) is 48.4 Å². The van der Waals surface area contributed by atoms with Gasteiger partial charge in [0.25, 0.3) is 0 Å². The van der Waals surface area contributed by atoms with E-state index in [9.17, 15) is 13.2 Å². The van der Waals surface area contributed by atoms with Gasteiger partial charge in [-0.2, -0.15) is 0 Å². The lowest BCUT2D eigenvalue weighted by Crippen LogP contribution is -2.49. The topological polar surface area (TPSA) is 88.6 Å². The highest BCUT2D eigenvalue weighted by atomic mass is 32.2. The zero-order chi connectivity index (χ0) is 19.2. The molecule has 1 aromatic heterocycles. The molecular weight excluding hydrogens is 354 g/mol. The van der Waals surface area contributed by atoms with Crippen LogP contribution in [0.3, 0.4) is 0 Å². The second-order valence-electron chi connectivity index (χ2n) is 5.75. The van der Waals surface area contributed by atoms with Crippen LogP contribution < -0.4 is 14.4 Å². The highest BCUT2D eigenvalue weighted by molar-refractivity contribution is 7.92. The number of carbonyl (C=O) groups excluding carboxylic acids is 1. The van der Waals surface area contributed by atoms with Gasteiger partial charge in [0.1, 0.15) is 11.8 Å². The molecule has 2 rings (SSSR count). The van der Waals surface area contributed by atoms with Crippen molar-refractivity contribution in [2.45, 2.75) is 25.9 Å². The van der Waals surface area contributed by atoms with Gasteiger partial charge in [-0.15, -0.1) is 0 Å². The Morgan fingerprint density at radius 1 is 1.19 bits per heavy atom. The highest BCUT2D eigenvalue weighted by Crippen LogP contribution is 2.25. The monoisotopic (exact) mass is 377 g/mol. The van der Waals surface area contributed by atoms with Crippen LogP contribution in [-0.2, 0) is 21.4 Å². The number of ether oxygens (including phenoxy) is 1. The Morgan fingerprint density at radius 2 is 1.81 bits per heavy atom. The third-order valence-corrected chi connectivity index (χ3v) is 5.05. The number of hydrogen-bond acceptors (Lipinski definition) is 5. The van der Waals surface area contributed by atoms with E-state index in [-0.39, 0.29) is 5.91 Å². The van der Waals surface area contributed by atoms with E-state index in [0.29, 0.717) is 24.4 Å². The Balaban J connectivity index is 2.24. The Labute approximate surface area is 154 Å². The maximum atomic E-state index is 12.7. The van der Waals surface area contributed by atoms with Crippen LogP contribution in [0.4, 0.5) is 5.69 Å². The maximum absolute atomic E-state index is 12.7. The van der Waals surface area contributed by atoms with E-state index in [1.54, 1.807) is 55.7 Å². The fourth-order valence-corrected chi connectivity index (χ4v) is 3.81. The number of carbonyl (C=O) groups is 1. The molecule has 140 valence electrons. The number of pyridine rings is 1. The summed E-state index contributed by atoms with van der Waals surface area (Å²) < 4.78 is 31.0. The van der Waals surface area contributed by atoms with Gasteiger partial charge >= 0.3 is 0 Å². The number of benzene rings is 1. The van der Waals surface area contributed by atoms with Crippen LogP contribution in [0.1, 0.15) is 18.9 Å². The van der Waals surface area contributed by atoms with Crippen molar-refractivity contribution in [1.82, 2.24) is 10.3 Å². The number of anilines is 1. The number of methoxy groups -OCH3 is 1. The summed E-state index contributed by atoms with van der Waals surface area (Å²) in [6.45, 7) is 2.08. The summed E-state index contributed by atoms with van der Waals surface area (Å²) in [4.78, 5) is 16.6. The van der Waals surface area contributed by atoms with Crippen LogP contribution in [0.2, 0.25) is 0 Å². The van der Waals surface area contributed by atoms with Gasteiger partial charge in [0.05, 0.1) is 19.1 Å². The average molecular weight is 377 g/mol. The van der Waals surface area contributed by atoms with E-state index in [0.717, 1.165) is 16.1 Å². The molecule has 1 N–H and O–H groups in total. The van der Waals surface area contributed by atoms with E-state index < -0.39 is 16.1 Å². The van der Waals surface area contributed by atoms with Crippen LogP contribution in [0.5, 0.6) is 5.75 Å². The number of rotatable bonds is 8. The second kappa shape index (κ2) is 8.66. The van der Waals surface area contributed by atoms with Crippen LogP contribution >= 0.6 is 0 Å². The van der Waals surface area contributed by atoms with E-state index >= 15 is 0 Å². The Bertz CT molecular complexity index is 823. The molecule has 7 nitrogen and oxygen atoms in total. The lowest BCUT2D eigenvalue weighted by Gasteiger charge is -2.30. The summed E-state index contributed by atoms with van der Waals surface area (Å²) >= 11 is 0. The van der Waals surface area contributed by atoms with Crippen molar-refractivity contribution >= 4 is 21.6 Å². The summed E-state index contributed by atoms with van der Waals surface area (Å²) in [5.41, 5.74) is 1.30. The quantitative estimate of drug-likeness (QED) is 0.760. The molecule has 26 heavy (non-hydrogen) atoms. The molecule has 0 bridgehead atoms. The number of sulfonamides is 1. The van der Waals surface area contributed by atoms with Crippen molar-refractivity contribution in [2.24, 2.45) is 0 Å². The molecule has 1 aromatic carbocycles. The molecule has 0 unspecified atom stereocenters. The first-order chi connectivity index (χ1) is 12.4. The molecule has 1 atom stereocenters. The lowest BCUT2D eigenvalue weighted by molar-refractivity contribution is -0.122. The first-order valence-corrected chi connectivity index (χ1v) is 10.0. The summed E-state index contributed by atoms with van der Waals surface area (Å²) in [5.74, 6) is 0.253. The minimum atomic E-state index is -3.66. The average Bonchev–Trinajstić information content (AvgIpc) is 2.64. The van der Waals surface area contributed by atoms with Gasteiger partial charge in [0, 0.05) is 18.9 Å². The van der Waals surface area contributed by atoms with E-state index in [1.807, 2.05) is 0 Å². The number of amides is 1. The van der Waals surface area contributed by atoms with E-state index in [4.69, 9.17) is 4.74 Å². The van der Waals surface area contributed by atoms with Gasteiger partial charge in [0.15, 0.2) is 0 Å². The second-order valence-corrected chi connectivity index (χ2v) is 7.61. The van der Waals surface area contributed by atoms with Crippen molar-refractivity contribution in [1.29, 1.82) is 0 Å². The molecule has 0 aliphatic rings. The molecule has 0 spiro atoms. The third-order valence-electron chi connectivity index (χ3n) is 3.87. The Kier molecular flexibility index (Phi) is 6.57. The molecular formula is C18H23N3O4S. The van der Waals surface area contributed by atoms with Crippen molar-refractivity contribution in [2.75, 3.05) is 17.7 Å². The van der Waals surface area contributed by atoms with Crippen LogP contribution in [0.15, 0.2) is 48.8 Å². The van der Waals surface area contributed by atoms with Crippen molar-refractivity contribution in [3.05, 3.63) is 54.4 Å². The molecule has 0 saturated carbocycles. The number of nitrogens with one attached hydrogen (secondary N) is 1. The number of nitrogens with zero attached hydrogens (tertiary/aromatic N) is 2. The van der Waals surface area contributed by atoms with Gasteiger partial charge < -0.3 is 10.1 Å². The molecule has 1 heterocycles. The SMILES string of the molecule is CC[C@H](C(=O)NCc1ccncc1)N(c1ccc(OC)cc1)S(C)(=O)=O. The summed E-state index contributed by atoms with van der Waals surface area (Å²) in [6, 6.07) is 9.31. The fraction of sp³-hybridized carbons (Fsp3) is 0.333. The van der Waals surface area contributed by atoms with E-state index in [1.165, 1.54) is 7.11 Å². The number of aromatic nitrogens is 1. The van der Waals surface area contributed by atoms with Crippen LogP contribution in [0.25, 0.3) is 0 Å². The van der Waals surface area contributed by atoms with Gasteiger partial charge in [0.2, 0.25) is 15.9 Å². The normalized spacial score (nSPS) is 12.3. The Morgan fingerprint density at radius 3 is 2.31 bits per heavy atom. The van der Waals surface area contributed by atoms with Crippen LogP contribution in [0, 0.1) is 0 Å². The zero-order valence-corrected chi connectivity index (χ0v) is 15.9. The predicted octanol–water partition coefficient (Wildman–Crippen LogP) is 1.95. The first-order valence-electron chi connectivity index (χ1n) is 8.17. The minimum absolute atomic E-state index is 0.304. The molecule has 0 aliphatic heterocycles. The fourth-order valence-electron chi connectivity index (χ4n) is 2.60. The summed E-state index contributed by atoms with van der Waals surface area (Å²) in [6.07, 6.45) is 4.70. The van der Waals surface area contributed by atoms with Gasteiger partial charge in [-0.1, -0.05) is 6.92 Å². The van der Waals surface area contributed by atoms with Gasteiger partial charge in [-0.3, -0.25) is 14.1 Å². The molecule has 8 heteroatoms. The molecule has 1 amide bonds. The standard InChI is InChI=1S/C18H23N3O4S/c1-4-17(18(22)20-13-14-9-11-19-12-10-14)21(26(3,23)24)15-5-7-16(25-2)8-6-15/h5-12,17H,4,13H2,1-3H3,(H,20,22)/t17-/m1/s1. The summed E-state index contributed by atoms with van der Waals surface area (Å²) in [7, 11) is -2.12. The van der Waals surface area contributed by atoms with Crippen molar-refractivity contribution < 1.29 is 17.9 Å². The smallest absolute Gasteiger partial charge is 0.244 e. The van der Waals surface area contributed by atoms with Crippen LogP contribution in [-0.4, -0.2) is 38.7 Å². The highest BCUT2D eigenvalue weighted by Gasteiger charge is 2.31. The van der Waals surface area contributed by atoms with Crippen molar-refractivity contribution in [3.63, 3.8) is 0 Å². The predicted molar refractivity (Wildman–Crippen MR) is 100 cm³/mol. The minimum Gasteiger partial charge on any atom is -0.497 e. The molecule has 0 fully saturated rings. The summed E-state index contributed by atoms with van der Waals surface area (Å²) in [5, 5.41) is 2.80.